The summed E-state index contributed by atoms with van der Waals surface area (Å²) in [6, 6.07) is 3.82. The van der Waals surface area contributed by atoms with Crippen molar-refractivity contribution in [1.82, 2.24) is 10.6 Å². The number of aliphatic hydroxyl groups is 1. The quantitative estimate of drug-likeness (QED) is 0.695. The summed E-state index contributed by atoms with van der Waals surface area (Å²) in [5.41, 5.74) is 0.342. The van der Waals surface area contributed by atoms with Crippen molar-refractivity contribution < 1.29 is 19.1 Å². The molecule has 0 saturated carbocycles. The number of amides is 2. The molecule has 1 aromatic rings. The first-order valence-electron chi connectivity index (χ1n) is 6.57. The van der Waals surface area contributed by atoms with Gasteiger partial charge in [0.1, 0.15) is 12.4 Å². The molecular weight excluding hydrogens is 275 g/mol. The van der Waals surface area contributed by atoms with Crippen LogP contribution in [0.1, 0.15) is 28.8 Å². The van der Waals surface area contributed by atoms with Crippen molar-refractivity contribution in [2.75, 3.05) is 13.2 Å². The maximum Gasteiger partial charge on any atom is 0.254 e. The third-order valence-electron chi connectivity index (χ3n) is 3.12. The smallest absolute Gasteiger partial charge is 0.254 e. The van der Waals surface area contributed by atoms with Crippen molar-refractivity contribution in [3.8, 4) is 11.8 Å². The molecule has 3 N–H and O–H groups in total. The van der Waals surface area contributed by atoms with Crippen molar-refractivity contribution in [3.63, 3.8) is 0 Å². The molecule has 0 aromatic heterocycles. The van der Waals surface area contributed by atoms with E-state index in [4.69, 9.17) is 5.11 Å². The van der Waals surface area contributed by atoms with Gasteiger partial charge in [0.25, 0.3) is 5.91 Å². The Kier molecular flexibility index (Phi) is 4.90. The lowest BCUT2D eigenvalue weighted by Gasteiger charge is -2.11. The third kappa shape index (κ3) is 4.04. The molecule has 1 heterocycles. The number of halogens is 1. The van der Waals surface area contributed by atoms with E-state index in [1.54, 1.807) is 0 Å². The fourth-order valence-corrected chi connectivity index (χ4v) is 2.06. The molecule has 6 heteroatoms. The highest BCUT2D eigenvalue weighted by molar-refractivity contribution is 5.95. The Bertz CT molecular complexity index is 619. The van der Waals surface area contributed by atoms with Gasteiger partial charge in [-0.2, -0.15) is 0 Å². The lowest BCUT2D eigenvalue weighted by Crippen LogP contribution is -2.38. The minimum atomic E-state index is -0.641. The number of nitrogens with one attached hydrogen (secondary N) is 2. The van der Waals surface area contributed by atoms with Gasteiger partial charge in [0.15, 0.2) is 0 Å². The van der Waals surface area contributed by atoms with E-state index in [0.29, 0.717) is 18.4 Å². The summed E-state index contributed by atoms with van der Waals surface area (Å²) in [6.45, 7) is -0.0448. The van der Waals surface area contributed by atoms with Crippen LogP contribution in [0.3, 0.4) is 0 Å². The molecule has 1 unspecified atom stereocenters. The molecular formula is C15H15FN2O3. The molecule has 0 spiro atoms. The zero-order valence-electron chi connectivity index (χ0n) is 11.3. The molecule has 1 atom stereocenters. The van der Waals surface area contributed by atoms with Gasteiger partial charge in [-0.3, -0.25) is 9.59 Å². The summed E-state index contributed by atoms with van der Waals surface area (Å²) in [4.78, 5) is 23.0. The molecule has 2 amide bonds. The number of aliphatic hydroxyl groups excluding tert-OH is 1. The maximum atomic E-state index is 13.7. The number of hydrogen-bond donors (Lipinski definition) is 3. The SMILES string of the molecule is O=C1CCC(CNC(=O)c2cc(C#CCO)ccc2F)N1. The summed E-state index contributed by atoms with van der Waals surface area (Å²) < 4.78 is 13.7. The predicted octanol–water partition coefficient (Wildman–Crippen LogP) is 0.178. The zero-order valence-corrected chi connectivity index (χ0v) is 11.3. The van der Waals surface area contributed by atoms with Gasteiger partial charge in [-0.05, 0) is 24.6 Å². The summed E-state index contributed by atoms with van der Waals surface area (Å²) in [7, 11) is 0. The number of carbonyl (C=O) groups excluding carboxylic acids is 2. The van der Waals surface area contributed by atoms with Crippen molar-refractivity contribution in [2.24, 2.45) is 0 Å². The largest absolute Gasteiger partial charge is 0.384 e. The second kappa shape index (κ2) is 6.86. The van der Waals surface area contributed by atoms with Crippen LogP contribution in [0.15, 0.2) is 18.2 Å². The van der Waals surface area contributed by atoms with E-state index in [2.05, 4.69) is 22.5 Å². The first kappa shape index (κ1) is 15.0. The van der Waals surface area contributed by atoms with Gasteiger partial charge in [0.05, 0.1) is 5.56 Å². The van der Waals surface area contributed by atoms with Gasteiger partial charge in [-0.25, -0.2) is 4.39 Å². The Morgan fingerprint density at radius 3 is 3.00 bits per heavy atom. The number of hydrogen-bond acceptors (Lipinski definition) is 3. The Hall–Kier alpha value is -2.39. The predicted molar refractivity (Wildman–Crippen MR) is 73.9 cm³/mol. The third-order valence-corrected chi connectivity index (χ3v) is 3.12. The van der Waals surface area contributed by atoms with Gasteiger partial charge >= 0.3 is 0 Å². The Labute approximate surface area is 121 Å². The molecule has 1 fully saturated rings. The van der Waals surface area contributed by atoms with Crippen LogP contribution in [0.25, 0.3) is 0 Å². The first-order valence-corrected chi connectivity index (χ1v) is 6.57. The molecule has 0 bridgehead atoms. The topological polar surface area (TPSA) is 78.4 Å². The Morgan fingerprint density at radius 2 is 2.33 bits per heavy atom. The summed E-state index contributed by atoms with van der Waals surface area (Å²) >= 11 is 0. The maximum absolute atomic E-state index is 13.7. The fourth-order valence-electron chi connectivity index (χ4n) is 2.06. The van der Waals surface area contributed by atoms with E-state index in [9.17, 15) is 14.0 Å². The molecule has 110 valence electrons. The van der Waals surface area contributed by atoms with Crippen molar-refractivity contribution >= 4 is 11.8 Å². The van der Waals surface area contributed by atoms with Crippen LogP contribution < -0.4 is 10.6 Å². The van der Waals surface area contributed by atoms with Gasteiger partial charge in [-0.1, -0.05) is 11.8 Å². The molecule has 1 aromatic carbocycles. The molecule has 0 aliphatic carbocycles. The van der Waals surface area contributed by atoms with Crippen LogP contribution in [0.2, 0.25) is 0 Å². The summed E-state index contributed by atoms with van der Waals surface area (Å²) in [6.07, 6.45) is 1.10. The van der Waals surface area contributed by atoms with E-state index in [0.717, 1.165) is 6.07 Å². The average molecular weight is 290 g/mol. The van der Waals surface area contributed by atoms with Gasteiger partial charge in [-0.15, -0.1) is 0 Å². The molecule has 1 saturated heterocycles. The summed E-state index contributed by atoms with van der Waals surface area (Å²) in [5.74, 6) is 3.82. The van der Waals surface area contributed by atoms with Crippen LogP contribution in [-0.2, 0) is 4.79 Å². The van der Waals surface area contributed by atoms with Gasteiger partial charge < -0.3 is 15.7 Å². The number of rotatable bonds is 3. The summed E-state index contributed by atoms with van der Waals surface area (Å²) in [5, 5.41) is 13.9. The number of benzene rings is 1. The molecule has 21 heavy (non-hydrogen) atoms. The van der Waals surface area contributed by atoms with Crippen molar-refractivity contribution in [1.29, 1.82) is 0 Å². The first-order chi connectivity index (χ1) is 10.1. The highest BCUT2D eigenvalue weighted by Gasteiger charge is 2.21. The minimum absolute atomic E-state index is 0.0401. The molecule has 1 aliphatic heterocycles. The standard InChI is InChI=1S/C15H15FN2O3/c16-13-5-3-10(2-1-7-19)8-12(13)15(21)17-9-11-4-6-14(20)18-11/h3,5,8,11,19H,4,6-7,9H2,(H,17,21)(H,18,20). The van der Waals surface area contributed by atoms with E-state index in [1.807, 2.05) is 0 Å². The van der Waals surface area contributed by atoms with Gasteiger partial charge in [0.2, 0.25) is 5.91 Å². The van der Waals surface area contributed by atoms with E-state index >= 15 is 0 Å². The van der Waals surface area contributed by atoms with Gasteiger partial charge in [0, 0.05) is 24.6 Å². The van der Waals surface area contributed by atoms with E-state index in [1.165, 1.54) is 12.1 Å². The van der Waals surface area contributed by atoms with Crippen LogP contribution in [-0.4, -0.2) is 36.1 Å². The molecule has 2 rings (SSSR count). The average Bonchev–Trinajstić information content (AvgIpc) is 2.89. The zero-order chi connectivity index (χ0) is 15.2. The normalized spacial score (nSPS) is 16.9. The number of carbonyl (C=O) groups is 2. The van der Waals surface area contributed by atoms with Crippen molar-refractivity contribution in [2.45, 2.75) is 18.9 Å². The molecule has 1 aliphatic rings. The highest BCUT2D eigenvalue weighted by Crippen LogP contribution is 2.11. The monoisotopic (exact) mass is 290 g/mol. The Balaban J connectivity index is 2.02. The van der Waals surface area contributed by atoms with Crippen LogP contribution in [0.4, 0.5) is 4.39 Å². The van der Waals surface area contributed by atoms with Crippen LogP contribution in [0.5, 0.6) is 0 Å². The van der Waals surface area contributed by atoms with E-state index < -0.39 is 11.7 Å². The second-order valence-electron chi connectivity index (χ2n) is 4.67. The Morgan fingerprint density at radius 1 is 1.52 bits per heavy atom. The minimum Gasteiger partial charge on any atom is -0.384 e. The van der Waals surface area contributed by atoms with E-state index in [-0.39, 0.29) is 30.7 Å². The lowest BCUT2D eigenvalue weighted by molar-refractivity contribution is -0.119. The highest BCUT2D eigenvalue weighted by atomic mass is 19.1. The molecule has 0 radical (unpaired) electrons. The molecule has 5 nitrogen and oxygen atoms in total. The second-order valence-corrected chi connectivity index (χ2v) is 4.67. The fraction of sp³-hybridized carbons (Fsp3) is 0.333. The lowest BCUT2D eigenvalue weighted by atomic mass is 10.1. The van der Waals surface area contributed by atoms with Crippen LogP contribution in [0, 0.1) is 17.7 Å². The van der Waals surface area contributed by atoms with Crippen LogP contribution >= 0.6 is 0 Å². The van der Waals surface area contributed by atoms with Crippen molar-refractivity contribution in [3.05, 3.63) is 35.1 Å².